The van der Waals surface area contributed by atoms with Crippen molar-refractivity contribution in [3.63, 3.8) is 0 Å². The molecule has 2 amide bonds. The van der Waals surface area contributed by atoms with Crippen LogP contribution in [0.4, 0.5) is 5.69 Å². The van der Waals surface area contributed by atoms with E-state index in [0.717, 1.165) is 79.2 Å². The molecule has 1 saturated heterocycles. The van der Waals surface area contributed by atoms with Crippen LogP contribution in [-0.2, 0) is 16.0 Å². The average Bonchev–Trinajstić information content (AvgIpc) is 3.57. The number of ketones is 1. The molecule has 1 atom stereocenters. The molecular weight excluding hydrogens is 576 g/mol. The molecule has 1 aliphatic carbocycles. The number of Topliss-reactive ketones (excluding diaryl/α,β-unsaturated/α-hetero) is 1. The molecule has 0 bridgehead atoms. The summed E-state index contributed by atoms with van der Waals surface area (Å²) in [5, 5.41) is 17.5. The van der Waals surface area contributed by atoms with Crippen LogP contribution in [0.5, 0.6) is 0 Å². The standard InChI is InChI=1S/C37H44N6O3/c38-22-24-4-6-27(7-5-24)35(44)20-31(37(46)42-33-13-12-30-23-40-43-34(30)21-33)19-25-2-1-3-29(18-25)26-8-10-28(11-9-26)36(45)41-32-14-16-39-17-15-32/h1-3,8-13,18,21,23-24,27,31-32,39H,4-7,14-17,19-20,22,38H2,(H,40,43)(H,41,45)(H,42,46)/t24?,27?,31-/m1/s1. The van der Waals surface area contributed by atoms with Crippen LogP contribution in [0.3, 0.4) is 0 Å². The summed E-state index contributed by atoms with van der Waals surface area (Å²) in [5.74, 6) is -0.105. The molecule has 4 aromatic rings. The van der Waals surface area contributed by atoms with Gasteiger partial charge in [-0.15, -0.1) is 0 Å². The number of amides is 2. The summed E-state index contributed by atoms with van der Waals surface area (Å²) in [4.78, 5) is 40.1. The first-order valence-corrected chi connectivity index (χ1v) is 16.6. The third-order valence-corrected chi connectivity index (χ3v) is 9.73. The Bertz CT molecular complexity index is 1650. The number of rotatable bonds is 11. The summed E-state index contributed by atoms with van der Waals surface area (Å²) >= 11 is 0. The zero-order chi connectivity index (χ0) is 31.9. The van der Waals surface area contributed by atoms with Gasteiger partial charge in [0.15, 0.2) is 0 Å². The van der Waals surface area contributed by atoms with Crippen LogP contribution in [0.1, 0.15) is 60.9 Å². The van der Waals surface area contributed by atoms with Gasteiger partial charge >= 0.3 is 0 Å². The molecular formula is C37H44N6O3. The van der Waals surface area contributed by atoms with Gasteiger partial charge in [0, 0.05) is 40.9 Å². The summed E-state index contributed by atoms with van der Waals surface area (Å²) < 4.78 is 0. The Hall–Kier alpha value is -4.34. The number of H-pyrrole nitrogens is 1. The molecule has 2 aliphatic rings. The lowest BCUT2D eigenvalue weighted by atomic mass is 9.77. The van der Waals surface area contributed by atoms with Crippen molar-refractivity contribution < 1.29 is 14.4 Å². The zero-order valence-corrected chi connectivity index (χ0v) is 26.3. The van der Waals surface area contributed by atoms with Crippen molar-refractivity contribution in [3.05, 3.63) is 84.1 Å². The highest BCUT2D eigenvalue weighted by Crippen LogP contribution is 2.31. The fraction of sp³-hybridized carbons (Fsp3) is 0.405. The number of aromatic amines is 1. The van der Waals surface area contributed by atoms with E-state index in [9.17, 15) is 14.4 Å². The summed E-state index contributed by atoms with van der Waals surface area (Å²) in [6.45, 7) is 2.51. The van der Waals surface area contributed by atoms with Gasteiger partial charge < -0.3 is 21.7 Å². The van der Waals surface area contributed by atoms with Gasteiger partial charge in [-0.25, -0.2) is 0 Å². The van der Waals surface area contributed by atoms with Gasteiger partial charge in [0.2, 0.25) is 5.91 Å². The second kappa shape index (κ2) is 14.8. The highest BCUT2D eigenvalue weighted by molar-refractivity contribution is 5.97. The summed E-state index contributed by atoms with van der Waals surface area (Å²) in [7, 11) is 0. The highest BCUT2D eigenvalue weighted by Gasteiger charge is 2.30. The number of hydrogen-bond acceptors (Lipinski definition) is 6. The monoisotopic (exact) mass is 620 g/mol. The highest BCUT2D eigenvalue weighted by atomic mass is 16.2. The van der Waals surface area contributed by atoms with Crippen LogP contribution in [-0.4, -0.2) is 53.5 Å². The van der Waals surface area contributed by atoms with Crippen LogP contribution < -0.4 is 21.7 Å². The molecule has 0 unspecified atom stereocenters. The second-order valence-electron chi connectivity index (χ2n) is 13.0. The number of nitrogens with one attached hydrogen (secondary N) is 4. The van der Waals surface area contributed by atoms with Gasteiger partial charge in [0.1, 0.15) is 5.78 Å². The van der Waals surface area contributed by atoms with Gasteiger partial charge in [-0.2, -0.15) is 5.10 Å². The lowest BCUT2D eigenvalue weighted by molar-refractivity contribution is -0.129. The largest absolute Gasteiger partial charge is 0.349 e. The van der Waals surface area contributed by atoms with E-state index in [4.69, 9.17) is 5.73 Å². The van der Waals surface area contributed by atoms with Crippen LogP contribution in [0, 0.1) is 17.8 Å². The van der Waals surface area contributed by atoms with Gasteiger partial charge in [-0.3, -0.25) is 19.5 Å². The van der Waals surface area contributed by atoms with E-state index >= 15 is 0 Å². The fourth-order valence-corrected chi connectivity index (χ4v) is 6.86. The molecule has 6 rings (SSSR count). The summed E-state index contributed by atoms with van der Waals surface area (Å²) in [6, 6.07) is 21.6. The van der Waals surface area contributed by atoms with E-state index in [1.807, 2.05) is 60.7 Å². The van der Waals surface area contributed by atoms with Gasteiger partial charge in [0.05, 0.1) is 11.7 Å². The number of nitrogens with two attached hydrogens (primary N) is 1. The lowest BCUT2D eigenvalue weighted by Gasteiger charge is -2.27. The molecule has 240 valence electrons. The molecule has 0 radical (unpaired) electrons. The first-order valence-electron chi connectivity index (χ1n) is 16.6. The maximum absolute atomic E-state index is 13.8. The molecule has 3 aromatic carbocycles. The maximum Gasteiger partial charge on any atom is 0.251 e. The quantitative estimate of drug-likeness (QED) is 0.155. The van der Waals surface area contributed by atoms with Crippen molar-refractivity contribution in [2.45, 2.75) is 57.4 Å². The van der Waals surface area contributed by atoms with Crippen LogP contribution in [0.2, 0.25) is 0 Å². The molecule has 0 spiro atoms. The Kier molecular flexibility index (Phi) is 10.2. The SMILES string of the molecule is NCC1CCC(C(=O)C[C@@H](Cc2cccc(-c3ccc(C(=O)NC4CCNCC4)cc3)c2)C(=O)Nc2ccc3cn[nH]c3c2)CC1. The molecule has 6 N–H and O–H groups in total. The van der Waals surface area contributed by atoms with Crippen molar-refractivity contribution in [3.8, 4) is 11.1 Å². The van der Waals surface area contributed by atoms with Crippen LogP contribution in [0.15, 0.2) is 72.9 Å². The number of carbonyl (C=O) groups is 3. The molecule has 9 heteroatoms. The number of nitrogens with zero attached hydrogens (tertiary/aromatic N) is 1. The van der Waals surface area contributed by atoms with E-state index in [2.05, 4.69) is 32.2 Å². The van der Waals surface area contributed by atoms with Crippen LogP contribution >= 0.6 is 0 Å². The normalized spacial score (nSPS) is 19.4. The van der Waals surface area contributed by atoms with E-state index in [0.29, 0.717) is 30.1 Å². The van der Waals surface area contributed by atoms with E-state index in [1.54, 1.807) is 6.20 Å². The van der Waals surface area contributed by atoms with Crippen molar-refractivity contribution >= 4 is 34.2 Å². The molecule has 1 aromatic heterocycles. The van der Waals surface area contributed by atoms with Crippen molar-refractivity contribution in [1.29, 1.82) is 0 Å². The Morgan fingerprint density at radius 1 is 0.891 bits per heavy atom. The molecule has 46 heavy (non-hydrogen) atoms. The molecule has 1 saturated carbocycles. The van der Waals surface area contributed by atoms with Crippen molar-refractivity contribution in [1.82, 2.24) is 20.8 Å². The summed E-state index contributed by atoms with van der Waals surface area (Å²) in [5.41, 5.74) is 11.0. The Morgan fingerprint density at radius 2 is 1.67 bits per heavy atom. The van der Waals surface area contributed by atoms with E-state index in [-0.39, 0.29) is 36.0 Å². The predicted octanol–water partition coefficient (Wildman–Crippen LogP) is 5.23. The Labute approximate surface area is 270 Å². The minimum atomic E-state index is -0.520. The predicted molar refractivity (Wildman–Crippen MR) is 181 cm³/mol. The second-order valence-corrected chi connectivity index (χ2v) is 13.0. The fourth-order valence-electron chi connectivity index (χ4n) is 6.86. The minimum absolute atomic E-state index is 0.0173. The Morgan fingerprint density at radius 3 is 2.43 bits per heavy atom. The number of aromatic nitrogens is 2. The maximum atomic E-state index is 13.8. The zero-order valence-electron chi connectivity index (χ0n) is 26.3. The number of fused-ring (bicyclic) bond motifs is 1. The topological polar surface area (TPSA) is 142 Å². The summed E-state index contributed by atoms with van der Waals surface area (Å²) in [6.07, 6.45) is 7.87. The molecule has 2 heterocycles. The molecule has 2 fully saturated rings. The van der Waals surface area contributed by atoms with E-state index < -0.39 is 5.92 Å². The van der Waals surface area contributed by atoms with E-state index in [1.165, 1.54) is 0 Å². The minimum Gasteiger partial charge on any atom is -0.349 e. The third-order valence-electron chi connectivity index (χ3n) is 9.73. The van der Waals surface area contributed by atoms with Gasteiger partial charge in [-0.1, -0.05) is 36.4 Å². The number of hydrogen-bond donors (Lipinski definition) is 5. The van der Waals surface area contributed by atoms with Crippen molar-refractivity contribution in [2.75, 3.05) is 25.0 Å². The van der Waals surface area contributed by atoms with Crippen molar-refractivity contribution in [2.24, 2.45) is 23.5 Å². The number of carbonyl (C=O) groups excluding carboxylic acids is 3. The number of anilines is 1. The first kappa shape index (κ1) is 31.6. The average molecular weight is 621 g/mol. The first-order chi connectivity index (χ1) is 22.4. The van der Waals surface area contributed by atoms with Gasteiger partial charge in [0.25, 0.3) is 5.91 Å². The molecule has 9 nitrogen and oxygen atoms in total. The van der Waals surface area contributed by atoms with Crippen LogP contribution in [0.25, 0.3) is 22.0 Å². The number of benzene rings is 3. The third kappa shape index (κ3) is 7.89. The molecule has 1 aliphatic heterocycles. The smallest absolute Gasteiger partial charge is 0.251 e. The lowest BCUT2D eigenvalue weighted by Crippen LogP contribution is -2.42. The van der Waals surface area contributed by atoms with Gasteiger partial charge in [-0.05, 0) is 118 Å². The number of piperidine rings is 1. The Balaban J connectivity index is 1.16.